The summed E-state index contributed by atoms with van der Waals surface area (Å²) < 4.78 is 0. The van der Waals surface area contributed by atoms with Crippen LogP contribution in [-0.4, -0.2) is 76.3 Å². The highest BCUT2D eigenvalue weighted by atomic mass is 32.1. The lowest BCUT2D eigenvalue weighted by Gasteiger charge is -2.25. The van der Waals surface area contributed by atoms with Crippen LogP contribution < -0.4 is 21.3 Å². The second-order valence-corrected chi connectivity index (χ2v) is 8.28. The summed E-state index contributed by atoms with van der Waals surface area (Å²) in [6.45, 7) is 4.38. The Morgan fingerprint density at radius 3 is 2.10 bits per heavy atom. The summed E-state index contributed by atoms with van der Waals surface area (Å²) in [5.41, 5.74) is 0. The molecule has 0 spiro atoms. The molecule has 1 saturated heterocycles. The molecule has 0 radical (unpaired) electrons. The summed E-state index contributed by atoms with van der Waals surface area (Å²) >= 11 is 4.12. The molecule has 1 fully saturated rings. The summed E-state index contributed by atoms with van der Waals surface area (Å²) in [5, 5.41) is 28.5. The zero-order chi connectivity index (χ0) is 23.6. The Bertz CT molecular complexity index is 668. The van der Waals surface area contributed by atoms with Crippen molar-refractivity contribution >= 4 is 42.3 Å². The van der Waals surface area contributed by atoms with E-state index in [-0.39, 0.29) is 36.5 Å². The third kappa shape index (κ3) is 9.55. The topological polar surface area (TPSA) is 174 Å². The van der Waals surface area contributed by atoms with Gasteiger partial charge in [0.15, 0.2) is 0 Å². The maximum atomic E-state index is 12.7. The van der Waals surface area contributed by atoms with Gasteiger partial charge in [0.25, 0.3) is 0 Å². The smallest absolute Gasteiger partial charge is 0.326 e. The van der Waals surface area contributed by atoms with E-state index in [4.69, 9.17) is 5.11 Å². The molecule has 3 amide bonds. The van der Waals surface area contributed by atoms with Gasteiger partial charge in [-0.25, -0.2) is 4.79 Å². The van der Waals surface area contributed by atoms with Gasteiger partial charge in [0.1, 0.15) is 18.1 Å². The summed E-state index contributed by atoms with van der Waals surface area (Å²) in [6.07, 6.45) is 1.03. The molecule has 11 nitrogen and oxygen atoms in total. The molecule has 6 N–H and O–H groups in total. The van der Waals surface area contributed by atoms with Crippen LogP contribution in [0.4, 0.5) is 0 Å². The van der Waals surface area contributed by atoms with Crippen LogP contribution in [-0.2, 0) is 24.0 Å². The molecule has 0 aliphatic carbocycles. The lowest BCUT2D eigenvalue weighted by Crippen LogP contribution is -2.57. The van der Waals surface area contributed by atoms with Crippen molar-refractivity contribution in [2.45, 2.75) is 70.1 Å². The number of nitrogens with one attached hydrogen (secondary N) is 4. The SMILES string of the molecule is CC(C)CC(NC(=O)C(CS)NC(=O)C1CCCN1)C(=O)NC(CCC(=O)O)C(=O)O. The van der Waals surface area contributed by atoms with Gasteiger partial charge in [-0.3, -0.25) is 19.2 Å². The van der Waals surface area contributed by atoms with Gasteiger partial charge >= 0.3 is 11.9 Å². The van der Waals surface area contributed by atoms with E-state index in [1.165, 1.54) is 0 Å². The van der Waals surface area contributed by atoms with E-state index in [0.717, 1.165) is 13.0 Å². The highest BCUT2D eigenvalue weighted by Crippen LogP contribution is 2.09. The predicted molar refractivity (Wildman–Crippen MR) is 115 cm³/mol. The number of carboxylic acid groups (broad SMARTS) is 2. The van der Waals surface area contributed by atoms with E-state index in [1.54, 1.807) is 0 Å². The maximum Gasteiger partial charge on any atom is 0.326 e. The number of aliphatic carboxylic acids is 2. The number of rotatable bonds is 13. The predicted octanol–water partition coefficient (Wildman–Crippen LogP) is -0.882. The molecule has 0 aromatic carbocycles. The first-order valence-electron chi connectivity index (χ1n) is 10.2. The monoisotopic (exact) mass is 460 g/mol. The van der Waals surface area contributed by atoms with Crippen LogP contribution in [0.5, 0.6) is 0 Å². The highest BCUT2D eigenvalue weighted by molar-refractivity contribution is 7.80. The van der Waals surface area contributed by atoms with Crippen molar-refractivity contribution in [3.63, 3.8) is 0 Å². The van der Waals surface area contributed by atoms with Gasteiger partial charge in [0, 0.05) is 12.2 Å². The summed E-state index contributed by atoms with van der Waals surface area (Å²) in [5.74, 6) is -4.22. The molecule has 176 valence electrons. The molecule has 31 heavy (non-hydrogen) atoms. The zero-order valence-corrected chi connectivity index (χ0v) is 18.6. The van der Waals surface area contributed by atoms with Crippen LogP contribution in [0.1, 0.15) is 46.0 Å². The van der Waals surface area contributed by atoms with E-state index < -0.39 is 48.3 Å². The summed E-state index contributed by atoms with van der Waals surface area (Å²) in [4.78, 5) is 59.7. The molecule has 0 aromatic heterocycles. The fraction of sp³-hybridized carbons (Fsp3) is 0.737. The molecule has 0 aromatic rings. The van der Waals surface area contributed by atoms with Gasteiger partial charge < -0.3 is 31.5 Å². The molecule has 0 bridgehead atoms. The normalized spacial score (nSPS) is 18.6. The first-order valence-corrected chi connectivity index (χ1v) is 10.9. The lowest BCUT2D eigenvalue weighted by atomic mass is 10.0. The van der Waals surface area contributed by atoms with Crippen molar-refractivity contribution in [2.24, 2.45) is 5.92 Å². The Kier molecular flexibility index (Phi) is 11.3. The highest BCUT2D eigenvalue weighted by Gasteiger charge is 2.31. The van der Waals surface area contributed by atoms with Gasteiger partial charge in [-0.15, -0.1) is 0 Å². The van der Waals surface area contributed by atoms with Crippen molar-refractivity contribution in [3.8, 4) is 0 Å². The van der Waals surface area contributed by atoms with Gasteiger partial charge in [-0.1, -0.05) is 13.8 Å². The fourth-order valence-corrected chi connectivity index (χ4v) is 3.40. The number of amides is 3. The first kappa shape index (κ1) is 26.7. The zero-order valence-electron chi connectivity index (χ0n) is 17.7. The first-order chi connectivity index (χ1) is 14.5. The number of hydrogen-bond acceptors (Lipinski definition) is 7. The second kappa shape index (κ2) is 13.2. The van der Waals surface area contributed by atoms with Crippen LogP contribution in [0.3, 0.4) is 0 Å². The number of carbonyl (C=O) groups is 5. The van der Waals surface area contributed by atoms with Crippen molar-refractivity contribution in [2.75, 3.05) is 12.3 Å². The molecule has 1 heterocycles. The van der Waals surface area contributed by atoms with E-state index in [9.17, 15) is 29.1 Å². The molecule has 1 aliphatic rings. The van der Waals surface area contributed by atoms with Gasteiger partial charge in [-0.2, -0.15) is 12.6 Å². The standard InChI is InChI=1S/C19H32N4O7S/c1-10(2)8-13(17(27)21-12(19(29)30)5-6-15(24)25)22-18(28)14(9-31)23-16(26)11-4-3-7-20-11/h10-14,20,31H,3-9H2,1-2H3,(H,21,27)(H,22,28)(H,23,26)(H,24,25)(H,29,30). The number of hydrogen-bond donors (Lipinski definition) is 7. The molecule has 1 aliphatic heterocycles. The molecule has 1 rings (SSSR count). The third-order valence-corrected chi connectivity index (χ3v) is 5.16. The quantitative estimate of drug-likeness (QED) is 0.173. The van der Waals surface area contributed by atoms with Gasteiger partial charge in [0.05, 0.1) is 6.04 Å². The van der Waals surface area contributed by atoms with E-state index >= 15 is 0 Å². The molecular formula is C19H32N4O7S. The minimum Gasteiger partial charge on any atom is -0.481 e. The third-order valence-electron chi connectivity index (χ3n) is 4.79. The summed E-state index contributed by atoms with van der Waals surface area (Å²) in [7, 11) is 0. The Balaban J connectivity index is 2.80. The van der Waals surface area contributed by atoms with Crippen molar-refractivity contribution in [1.29, 1.82) is 0 Å². The fourth-order valence-electron chi connectivity index (χ4n) is 3.15. The molecule has 4 unspecified atom stereocenters. The largest absolute Gasteiger partial charge is 0.481 e. The van der Waals surface area contributed by atoms with E-state index in [0.29, 0.717) is 6.42 Å². The van der Waals surface area contributed by atoms with Crippen LogP contribution in [0.2, 0.25) is 0 Å². The minimum absolute atomic E-state index is 0.00919. The Hall–Kier alpha value is -2.34. The van der Waals surface area contributed by atoms with Crippen molar-refractivity contribution in [3.05, 3.63) is 0 Å². The molecular weight excluding hydrogens is 428 g/mol. The van der Waals surface area contributed by atoms with E-state index in [1.807, 2.05) is 13.8 Å². The number of carboxylic acids is 2. The lowest BCUT2D eigenvalue weighted by molar-refractivity contribution is -0.143. The number of carbonyl (C=O) groups excluding carboxylic acids is 3. The summed E-state index contributed by atoms with van der Waals surface area (Å²) in [6, 6.07) is -3.80. The van der Waals surface area contributed by atoms with Gasteiger partial charge in [-0.05, 0) is 38.1 Å². The minimum atomic E-state index is -1.40. The Labute approximate surface area is 186 Å². The molecule has 4 atom stereocenters. The van der Waals surface area contributed by atoms with Crippen LogP contribution >= 0.6 is 12.6 Å². The second-order valence-electron chi connectivity index (χ2n) is 7.92. The average Bonchev–Trinajstić information content (AvgIpc) is 3.22. The van der Waals surface area contributed by atoms with Crippen molar-refractivity contribution < 1.29 is 34.2 Å². The molecule has 0 saturated carbocycles. The average molecular weight is 461 g/mol. The Morgan fingerprint density at radius 1 is 1.00 bits per heavy atom. The van der Waals surface area contributed by atoms with E-state index in [2.05, 4.69) is 33.9 Å². The Morgan fingerprint density at radius 2 is 1.61 bits per heavy atom. The van der Waals surface area contributed by atoms with Crippen LogP contribution in [0, 0.1) is 5.92 Å². The maximum absolute atomic E-state index is 12.7. The molecule has 12 heteroatoms. The van der Waals surface area contributed by atoms with Crippen molar-refractivity contribution in [1.82, 2.24) is 21.3 Å². The van der Waals surface area contributed by atoms with Crippen LogP contribution in [0.15, 0.2) is 0 Å². The van der Waals surface area contributed by atoms with Crippen LogP contribution in [0.25, 0.3) is 0 Å². The number of thiol groups is 1. The van der Waals surface area contributed by atoms with Gasteiger partial charge in [0.2, 0.25) is 17.7 Å².